The number of rotatable bonds is 3. The average molecular weight is 249 g/mol. The van der Waals surface area contributed by atoms with Crippen LogP contribution < -0.4 is 10.6 Å². The van der Waals surface area contributed by atoms with E-state index in [1.807, 2.05) is 0 Å². The van der Waals surface area contributed by atoms with Gasteiger partial charge in [-0.05, 0) is 6.92 Å². The molecule has 0 saturated heterocycles. The van der Waals surface area contributed by atoms with Crippen LogP contribution in [0.1, 0.15) is 6.92 Å². The summed E-state index contributed by atoms with van der Waals surface area (Å²) in [5.41, 5.74) is 0.479. The largest absolute Gasteiger partial charge is 0.371 e. The van der Waals surface area contributed by atoms with E-state index >= 15 is 0 Å². The smallest absolute Gasteiger partial charge is 0.241 e. The first-order valence-corrected chi connectivity index (χ1v) is 4.97. The summed E-state index contributed by atoms with van der Waals surface area (Å²) in [7, 11) is 1.56. The number of hydrogen-bond acceptors (Lipinski definition) is 4. The number of amides is 1. The number of nitrogens with one attached hydrogen (secondary N) is 2. The molecule has 1 rings (SSSR count). The quantitative estimate of drug-likeness (QED) is 0.848. The zero-order chi connectivity index (χ0) is 11.4. The van der Waals surface area contributed by atoms with Gasteiger partial charge >= 0.3 is 0 Å². The van der Waals surface area contributed by atoms with E-state index in [2.05, 4.69) is 20.8 Å². The Bertz CT molecular complexity index is 372. The molecule has 1 aromatic heterocycles. The standard InChI is InChI=1S/C8H10Cl2N4O/c1-4(8(15)11-2)12-5-3-6(9)13-14-7(5)10/h3-4H,1-2H3,(H,11,15)(H,12,13). The second-order valence-electron chi connectivity index (χ2n) is 2.85. The van der Waals surface area contributed by atoms with Gasteiger partial charge in [0, 0.05) is 13.1 Å². The topological polar surface area (TPSA) is 66.9 Å². The summed E-state index contributed by atoms with van der Waals surface area (Å²) in [6, 6.07) is 1.09. The van der Waals surface area contributed by atoms with E-state index < -0.39 is 6.04 Å². The van der Waals surface area contributed by atoms with Crippen LogP contribution in [0.2, 0.25) is 10.3 Å². The summed E-state index contributed by atoms with van der Waals surface area (Å²) < 4.78 is 0. The van der Waals surface area contributed by atoms with Gasteiger partial charge in [0.2, 0.25) is 5.91 Å². The van der Waals surface area contributed by atoms with Gasteiger partial charge in [0.05, 0.1) is 5.69 Å². The first-order valence-electron chi connectivity index (χ1n) is 4.21. The highest BCUT2D eigenvalue weighted by atomic mass is 35.5. The summed E-state index contributed by atoms with van der Waals surface area (Å²) in [4.78, 5) is 11.2. The Morgan fingerprint density at radius 3 is 2.73 bits per heavy atom. The molecule has 15 heavy (non-hydrogen) atoms. The highest BCUT2D eigenvalue weighted by Gasteiger charge is 2.13. The van der Waals surface area contributed by atoms with Crippen LogP contribution in [0.5, 0.6) is 0 Å². The van der Waals surface area contributed by atoms with Crippen molar-refractivity contribution in [2.45, 2.75) is 13.0 Å². The van der Waals surface area contributed by atoms with Crippen molar-refractivity contribution in [1.82, 2.24) is 15.5 Å². The first-order chi connectivity index (χ1) is 7.04. The molecule has 0 aliphatic heterocycles. The van der Waals surface area contributed by atoms with Crippen LogP contribution in [0.3, 0.4) is 0 Å². The van der Waals surface area contributed by atoms with Gasteiger partial charge in [-0.3, -0.25) is 4.79 Å². The number of aromatic nitrogens is 2. The third kappa shape index (κ3) is 3.21. The molecule has 2 N–H and O–H groups in total. The fourth-order valence-electron chi connectivity index (χ4n) is 0.970. The van der Waals surface area contributed by atoms with Gasteiger partial charge in [-0.15, -0.1) is 10.2 Å². The molecular formula is C8H10Cl2N4O. The van der Waals surface area contributed by atoms with Gasteiger partial charge in [-0.1, -0.05) is 23.2 Å². The Morgan fingerprint density at radius 2 is 2.13 bits per heavy atom. The Morgan fingerprint density at radius 1 is 1.47 bits per heavy atom. The maximum atomic E-state index is 11.2. The average Bonchev–Trinajstić information content (AvgIpc) is 2.22. The second kappa shape index (κ2) is 5.14. The molecule has 5 nitrogen and oxygen atoms in total. The van der Waals surface area contributed by atoms with E-state index in [1.54, 1.807) is 14.0 Å². The lowest BCUT2D eigenvalue weighted by molar-refractivity contribution is -0.121. The minimum atomic E-state index is -0.423. The molecule has 0 aromatic carbocycles. The maximum Gasteiger partial charge on any atom is 0.241 e. The number of carbonyl (C=O) groups is 1. The highest BCUT2D eigenvalue weighted by Crippen LogP contribution is 2.21. The van der Waals surface area contributed by atoms with E-state index in [0.29, 0.717) is 5.69 Å². The highest BCUT2D eigenvalue weighted by molar-refractivity contribution is 6.33. The van der Waals surface area contributed by atoms with Gasteiger partial charge in [-0.2, -0.15) is 0 Å². The molecular weight excluding hydrogens is 239 g/mol. The molecule has 0 fully saturated rings. The van der Waals surface area contributed by atoms with Crippen molar-refractivity contribution in [3.8, 4) is 0 Å². The van der Waals surface area contributed by atoms with E-state index in [9.17, 15) is 4.79 Å². The number of anilines is 1. The van der Waals surface area contributed by atoms with Crippen molar-refractivity contribution in [1.29, 1.82) is 0 Å². The number of likely N-dealkylation sites (N-methyl/N-ethyl adjacent to an activating group) is 1. The molecule has 1 atom stereocenters. The molecule has 0 radical (unpaired) electrons. The van der Waals surface area contributed by atoms with Gasteiger partial charge in [0.1, 0.15) is 6.04 Å². The van der Waals surface area contributed by atoms with E-state index in [4.69, 9.17) is 23.2 Å². The molecule has 1 heterocycles. The molecule has 82 valence electrons. The lowest BCUT2D eigenvalue weighted by Crippen LogP contribution is -2.35. The van der Waals surface area contributed by atoms with Crippen LogP contribution in [-0.4, -0.2) is 29.2 Å². The fraction of sp³-hybridized carbons (Fsp3) is 0.375. The number of carbonyl (C=O) groups excluding carboxylic acids is 1. The van der Waals surface area contributed by atoms with Crippen LogP contribution in [-0.2, 0) is 4.79 Å². The third-order valence-electron chi connectivity index (χ3n) is 1.73. The molecule has 1 amide bonds. The van der Waals surface area contributed by atoms with Gasteiger partial charge in [0.15, 0.2) is 10.3 Å². The SMILES string of the molecule is CNC(=O)C(C)Nc1cc(Cl)nnc1Cl. The van der Waals surface area contributed by atoms with Crippen molar-refractivity contribution in [3.63, 3.8) is 0 Å². The molecule has 0 spiro atoms. The number of nitrogens with zero attached hydrogens (tertiary/aromatic N) is 2. The van der Waals surface area contributed by atoms with Crippen LogP contribution in [0.4, 0.5) is 5.69 Å². The van der Waals surface area contributed by atoms with Crippen LogP contribution in [0.25, 0.3) is 0 Å². The minimum absolute atomic E-state index is 0.154. The number of hydrogen-bond donors (Lipinski definition) is 2. The lowest BCUT2D eigenvalue weighted by Gasteiger charge is -2.13. The number of halogens is 2. The lowest BCUT2D eigenvalue weighted by atomic mass is 10.3. The Kier molecular flexibility index (Phi) is 4.11. The van der Waals surface area contributed by atoms with Crippen molar-refractivity contribution < 1.29 is 4.79 Å². The fourth-order valence-corrected chi connectivity index (χ4v) is 1.26. The molecule has 0 aliphatic carbocycles. The molecule has 1 aromatic rings. The first kappa shape index (κ1) is 12.0. The third-order valence-corrected chi connectivity index (χ3v) is 2.19. The zero-order valence-electron chi connectivity index (χ0n) is 8.21. The summed E-state index contributed by atoms with van der Waals surface area (Å²) >= 11 is 11.4. The second-order valence-corrected chi connectivity index (χ2v) is 3.60. The van der Waals surface area contributed by atoms with Gasteiger partial charge < -0.3 is 10.6 Å². The molecule has 0 saturated carbocycles. The van der Waals surface area contributed by atoms with E-state index in [0.717, 1.165) is 0 Å². The molecule has 1 unspecified atom stereocenters. The minimum Gasteiger partial charge on any atom is -0.371 e. The van der Waals surface area contributed by atoms with Crippen molar-refractivity contribution >= 4 is 34.8 Å². The van der Waals surface area contributed by atoms with Crippen molar-refractivity contribution in [2.24, 2.45) is 0 Å². The maximum absolute atomic E-state index is 11.2. The van der Waals surface area contributed by atoms with Crippen LogP contribution in [0.15, 0.2) is 6.07 Å². The Balaban J connectivity index is 2.80. The zero-order valence-corrected chi connectivity index (χ0v) is 9.73. The van der Waals surface area contributed by atoms with Gasteiger partial charge in [0.25, 0.3) is 0 Å². The van der Waals surface area contributed by atoms with E-state index in [1.165, 1.54) is 6.07 Å². The molecule has 0 bridgehead atoms. The summed E-state index contributed by atoms with van der Waals surface area (Å²) in [5, 5.41) is 12.9. The van der Waals surface area contributed by atoms with Crippen molar-refractivity contribution in [3.05, 3.63) is 16.4 Å². The van der Waals surface area contributed by atoms with Crippen LogP contribution >= 0.6 is 23.2 Å². The van der Waals surface area contributed by atoms with Crippen LogP contribution in [0, 0.1) is 0 Å². The molecule has 0 aliphatic rings. The van der Waals surface area contributed by atoms with E-state index in [-0.39, 0.29) is 16.2 Å². The van der Waals surface area contributed by atoms with Gasteiger partial charge in [-0.25, -0.2) is 0 Å². The normalized spacial score (nSPS) is 12.0. The van der Waals surface area contributed by atoms with Crippen molar-refractivity contribution in [2.75, 3.05) is 12.4 Å². The molecule has 7 heteroatoms. The summed E-state index contributed by atoms with van der Waals surface area (Å²) in [6.07, 6.45) is 0. The Labute approximate surface area is 97.2 Å². The summed E-state index contributed by atoms with van der Waals surface area (Å²) in [6.45, 7) is 1.70. The predicted octanol–water partition coefficient (Wildman–Crippen LogP) is 1.33. The predicted molar refractivity (Wildman–Crippen MR) is 59.2 cm³/mol. The summed E-state index contributed by atoms with van der Waals surface area (Å²) in [5.74, 6) is -0.154. The Hall–Kier alpha value is -1.07. The monoisotopic (exact) mass is 248 g/mol.